The normalized spacial score (nSPS) is 22.0. The van der Waals surface area contributed by atoms with Crippen molar-refractivity contribution in [2.24, 2.45) is 5.73 Å². The van der Waals surface area contributed by atoms with E-state index < -0.39 is 0 Å². The first-order chi connectivity index (χ1) is 10.1. The Morgan fingerprint density at radius 1 is 1.14 bits per heavy atom. The third-order valence-electron chi connectivity index (χ3n) is 4.87. The van der Waals surface area contributed by atoms with Crippen molar-refractivity contribution in [2.45, 2.75) is 71.4 Å². The molecule has 2 nitrogen and oxygen atoms in total. The molecule has 0 aromatic heterocycles. The van der Waals surface area contributed by atoms with Gasteiger partial charge in [-0.05, 0) is 51.6 Å². The van der Waals surface area contributed by atoms with Crippen LogP contribution >= 0.6 is 0 Å². The SMILES string of the molecule is CCC1CCCCCN1CCC(N)c1cc(C)cc(C)c1. The van der Waals surface area contributed by atoms with Crippen LogP contribution in [0.15, 0.2) is 18.2 Å². The van der Waals surface area contributed by atoms with E-state index in [9.17, 15) is 0 Å². The van der Waals surface area contributed by atoms with E-state index in [0.29, 0.717) is 0 Å². The third-order valence-corrected chi connectivity index (χ3v) is 4.87. The van der Waals surface area contributed by atoms with Gasteiger partial charge in [0.25, 0.3) is 0 Å². The molecular formula is C19H32N2. The van der Waals surface area contributed by atoms with Crippen molar-refractivity contribution in [3.05, 3.63) is 34.9 Å². The van der Waals surface area contributed by atoms with Gasteiger partial charge >= 0.3 is 0 Å². The Kier molecular flexibility index (Phi) is 6.25. The molecule has 1 aromatic carbocycles. The highest BCUT2D eigenvalue weighted by molar-refractivity contribution is 5.30. The minimum absolute atomic E-state index is 0.171. The Hall–Kier alpha value is -0.860. The highest BCUT2D eigenvalue weighted by Gasteiger charge is 2.20. The van der Waals surface area contributed by atoms with Gasteiger partial charge in [-0.1, -0.05) is 49.1 Å². The molecule has 2 atom stereocenters. The summed E-state index contributed by atoms with van der Waals surface area (Å²) in [7, 11) is 0. The monoisotopic (exact) mass is 288 g/mol. The molecule has 118 valence electrons. The number of hydrogen-bond donors (Lipinski definition) is 1. The molecule has 21 heavy (non-hydrogen) atoms. The van der Waals surface area contributed by atoms with Crippen LogP contribution in [-0.2, 0) is 0 Å². The van der Waals surface area contributed by atoms with Crippen LogP contribution in [0.25, 0.3) is 0 Å². The second-order valence-electron chi connectivity index (χ2n) is 6.76. The maximum atomic E-state index is 6.45. The minimum Gasteiger partial charge on any atom is -0.324 e. The minimum atomic E-state index is 0.171. The molecule has 1 aliphatic heterocycles. The average Bonchev–Trinajstić information content (AvgIpc) is 2.68. The zero-order valence-corrected chi connectivity index (χ0v) is 14.1. The summed E-state index contributed by atoms with van der Waals surface area (Å²) in [6, 6.07) is 7.66. The summed E-state index contributed by atoms with van der Waals surface area (Å²) in [5.74, 6) is 0. The molecule has 1 fully saturated rings. The fraction of sp³-hybridized carbons (Fsp3) is 0.684. The van der Waals surface area contributed by atoms with Gasteiger partial charge in [-0.15, -0.1) is 0 Å². The lowest BCUT2D eigenvalue weighted by molar-refractivity contribution is 0.188. The predicted octanol–water partition coefficient (Wildman–Crippen LogP) is 4.35. The summed E-state index contributed by atoms with van der Waals surface area (Å²) in [6.07, 6.45) is 7.87. The summed E-state index contributed by atoms with van der Waals surface area (Å²) in [5, 5.41) is 0. The summed E-state index contributed by atoms with van der Waals surface area (Å²) in [5.41, 5.74) is 10.4. The number of benzene rings is 1. The molecule has 1 saturated heterocycles. The zero-order valence-electron chi connectivity index (χ0n) is 14.1. The van der Waals surface area contributed by atoms with Crippen molar-refractivity contribution in [3.63, 3.8) is 0 Å². The molecule has 0 amide bonds. The van der Waals surface area contributed by atoms with Gasteiger partial charge in [0.05, 0.1) is 0 Å². The van der Waals surface area contributed by atoms with Crippen LogP contribution < -0.4 is 5.73 Å². The van der Waals surface area contributed by atoms with Crippen molar-refractivity contribution >= 4 is 0 Å². The number of rotatable bonds is 5. The lowest BCUT2D eigenvalue weighted by Gasteiger charge is -2.30. The Labute approximate surface area is 130 Å². The van der Waals surface area contributed by atoms with Crippen LogP contribution in [0, 0.1) is 13.8 Å². The zero-order chi connectivity index (χ0) is 15.2. The van der Waals surface area contributed by atoms with Crippen molar-refractivity contribution in [1.29, 1.82) is 0 Å². The number of hydrogen-bond acceptors (Lipinski definition) is 2. The summed E-state index contributed by atoms with van der Waals surface area (Å²) >= 11 is 0. The predicted molar refractivity (Wildman–Crippen MR) is 91.6 cm³/mol. The summed E-state index contributed by atoms with van der Waals surface area (Å²) in [6.45, 7) is 9.05. The smallest absolute Gasteiger partial charge is 0.0307 e. The highest BCUT2D eigenvalue weighted by Crippen LogP contribution is 2.22. The maximum absolute atomic E-state index is 6.45. The van der Waals surface area contributed by atoms with Crippen LogP contribution in [0.1, 0.15) is 68.2 Å². The van der Waals surface area contributed by atoms with Gasteiger partial charge < -0.3 is 10.6 Å². The second-order valence-corrected chi connectivity index (χ2v) is 6.76. The Morgan fingerprint density at radius 3 is 2.52 bits per heavy atom. The third kappa shape index (κ3) is 4.82. The fourth-order valence-corrected chi connectivity index (χ4v) is 3.69. The van der Waals surface area contributed by atoms with Crippen LogP contribution in [0.5, 0.6) is 0 Å². The first-order valence-electron chi connectivity index (χ1n) is 8.68. The number of aryl methyl sites for hydroxylation is 2. The summed E-state index contributed by atoms with van der Waals surface area (Å²) in [4.78, 5) is 2.69. The largest absolute Gasteiger partial charge is 0.324 e. The van der Waals surface area contributed by atoms with Crippen molar-refractivity contribution < 1.29 is 0 Å². The average molecular weight is 288 g/mol. The van der Waals surface area contributed by atoms with E-state index in [4.69, 9.17) is 5.73 Å². The lowest BCUT2D eigenvalue weighted by Crippen LogP contribution is -2.36. The van der Waals surface area contributed by atoms with E-state index in [-0.39, 0.29) is 6.04 Å². The van der Waals surface area contributed by atoms with Crippen molar-refractivity contribution in [3.8, 4) is 0 Å². The van der Waals surface area contributed by atoms with Crippen LogP contribution in [0.3, 0.4) is 0 Å². The standard InChI is InChI=1S/C19H32N2/c1-4-18-8-6-5-7-10-21(18)11-9-19(20)17-13-15(2)12-16(3)14-17/h12-14,18-19H,4-11,20H2,1-3H3. The van der Waals surface area contributed by atoms with Gasteiger partial charge in [0.1, 0.15) is 0 Å². The Balaban J connectivity index is 1.94. The second kappa shape index (κ2) is 7.95. The van der Waals surface area contributed by atoms with Gasteiger partial charge in [0, 0.05) is 18.6 Å². The van der Waals surface area contributed by atoms with E-state index in [1.165, 1.54) is 55.3 Å². The van der Waals surface area contributed by atoms with Crippen molar-refractivity contribution in [2.75, 3.05) is 13.1 Å². The van der Waals surface area contributed by atoms with Crippen LogP contribution in [-0.4, -0.2) is 24.0 Å². The van der Waals surface area contributed by atoms with Crippen molar-refractivity contribution in [1.82, 2.24) is 4.90 Å². The van der Waals surface area contributed by atoms with Crippen LogP contribution in [0.4, 0.5) is 0 Å². The molecule has 1 heterocycles. The van der Waals surface area contributed by atoms with Gasteiger partial charge in [0.15, 0.2) is 0 Å². The first kappa shape index (κ1) is 16.5. The fourth-order valence-electron chi connectivity index (χ4n) is 3.69. The molecule has 1 aliphatic rings. The Morgan fingerprint density at radius 2 is 1.86 bits per heavy atom. The molecule has 0 spiro atoms. The van der Waals surface area contributed by atoms with E-state index in [0.717, 1.165) is 19.0 Å². The molecule has 2 unspecified atom stereocenters. The highest BCUT2D eigenvalue weighted by atomic mass is 15.2. The number of nitrogens with two attached hydrogens (primary N) is 1. The molecular weight excluding hydrogens is 256 g/mol. The maximum Gasteiger partial charge on any atom is 0.0307 e. The van der Waals surface area contributed by atoms with Gasteiger partial charge in [-0.2, -0.15) is 0 Å². The molecule has 0 bridgehead atoms. The molecule has 2 N–H and O–H groups in total. The van der Waals surface area contributed by atoms with E-state index in [1.807, 2.05) is 0 Å². The van der Waals surface area contributed by atoms with E-state index >= 15 is 0 Å². The number of nitrogens with zero attached hydrogens (tertiary/aromatic N) is 1. The lowest BCUT2D eigenvalue weighted by atomic mass is 9.99. The van der Waals surface area contributed by atoms with E-state index in [1.54, 1.807) is 0 Å². The van der Waals surface area contributed by atoms with Gasteiger partial charge in [-0.25, -0.2) is 0 Å². The Bertz CT molecular complexity index is 421. The van der Waals surface area contributed by atoms with E-state index in [2.05, 4.69) is 43.9 Å². The topological polar surface area (TPSA) is 29.3 Å². The quantitative estimate of drug-likeness (QED) is 0.873. The van der Waals surface area contributed by atoms with Gasteiger partial charge in [-0.3, -0.25) is 0 Å². The summed E-state index contributed by atoms with van der Waals surface area (Å²) < 4.78 is 0. The molecule has 1 aromatic rings. The van der Waals surface area contributed by atoms with Gasteiger partial charge in [0.2, 0.25) is 0 Å². The molecule has 2 heteroatoms. The molecule has 0 saturated carbocycles. The van der Waals surface area contributed by atoms with Crippen LogP contribution in [0.2, 0.25) is 0 Å². The first-order valence-corrected chi connectivity index (χ1v) is 8.68. The molecule has 0 aliphatic carbocycles. The number of likely N-dealkylation sites (tertiary alicyclic amines) is 1. The molecule has 2 rings (SSSR count). The molecule has 0 radical (unpaired) electrons.